The van der Waals surface area contributed by atoms with Crippen LogP contribution in [0, 0.1) is 0 Å². The van der Waals surface area contributed by atoms with Crippen LogP contribution in [-0.4, -0.2) is 0 Å². The van der Waals surface area contributed by atoms with Crippen molar-refractivity contribution >= 4 is 17.1 Å². The molecule has 0 fully saturated rings. The number of allylic oxidation sites excluding steroid dienone is 4. The van der Waals surface area contributed by atoms with Gasteiger partial charge in [0, 0.05) is 28.0 Å². The van der Waals surface area contributed by atoms with Gasteiger partial charge in [-0.2, -0.15) is 0 Å². The maximum atomic E-state index is 6.32. The van der Waals surface area contributed by atoms with Gasteiger partial charge in [-0.3, -0.25) is 0 Å². The topological polar surface area (TPSA) is 12.5 Å². The SMILES string of the molecule is C=C1/C=C\C=C/Cc2cccc(-c3ccc(N(c4ccc(-c5ccccc5)cc4)c4ccc5c(c4)C(C)(C)c4ccccc4-5)cc3)c2O1. The lowest BCUT2D eigenvalue weighted by atomic mass is 9.82. The largest absolute Gasteiger partial charge is 0.457 e. The first-order valence-corrected chi connectivity index (χ1v) is 16.6. The van der Waals surface area contributed by atoms with E-state index in [2.05, 4.69) is 171 Å². The lowest BCUT2D eigenvalue weighted by molar-refractivity contribution is 0.444. The summed E-state index contributed by atoms with van der Waals surface area (Å²) in [5.74, 6) is 1.49. The van der Waals surface area contributed by atoms with Crippen molar-refractivity contribution in [2.45, 2.75) is 25.7 Å². The van der Waals surface area contributed by atoms with E-state index in [9.17, 15) is 0 Å². The second-order valence-corrected chi connectivity index (χ2v) is 13.0. The highest BCUT2D eigenvalue weighted by Crippen LogP contribution is 2.50. The molecule has 0 amide bonds. The number of hydrogen-bond donors (Lipinski definition) is 0. The van der Waals surface area contributed by atoms with Crippen LogP contribution in [0.15, 0.2) is 176 Å². The molecule has 232 valence electrons. The summed E-state index contributed by atoms with van der Waals surface area (Å²) in [4.78, 5) is 2.37. The van der Waals surface area contributed by atoms with Gasteiger partial charge in [0.15, 0.2) is 0 Å². The molecule has 0 spiro atoms. The van der Waals surface area contributed by atoms with Gasteiger partial charge in [-0.25, -0.2) is 0 Å². The molecule has 8 rings (SSSR count). The molecule has 0 saturated carbocycles. The summed E-state index contributed by atoms with van der Waals surface area (Å²) in [5, 5.41) is 0. The molecule has 1 aliphatic heterocycles. The van der Waals surface area contributed by atoms with E-state index in [1.165, 1.54) is 33.4 Å². The number of nitrogens with zero attached hydrogens (tertiary/aromatic N) is 1. The number of ether oxygens (including phenoxy) is 1. The highest BCUT2D eigenvalue weighted by atomic mass is 16.5. The third kappa shape index (κ3) is 5.26. The number of rotatable bonds is 5. The standard InChI is InChI=1S/C46H37NO/c1-32-13-6-4-9-16-36-17-12-19-40(45(36)48-32)35-23-27-38(28-24-35)47(37-25-21-34(22-26-37)33-14-7-5-8-15-33)39-29-30-42-41-18-10-11-20-43(41)46(2,3)44(42)31-39/h4-15,17-31H,1,16H2,2-3H3/b9-4-,13-6-. The van der Waals surface area contributed by atoms with Crippen LogP contribution in [0.5, 0.6) is 5.75 Å². The molecular weight excluding hydrogens is 583 g/mol. The number of hydrogen-bond acceptors (Lipinski definition) is 2. The fraction of sp³-hybridized carbons (Fsp3) is 0.0870. The maximum absolute atomic E-state index is 6.32. The van der Waals surface area contributed by atoms with Gasteiger partial charge in [-0.05, 0) is 93.4 Å². The van der Waals surface area contributed by atoms with Crippen LogP contribution >= 0.6 is 0 Å². The zero-order chi connectivity index (χ0) is 32.7. The van der Waals surface area contributed by atoms with E-state index < -0.39 is 0 Å². The Kier molecular flexibility index (Phi) is 7.42. The summed E-state index contributed by atoms with van der Waals surface area (Å²) in [6, 6.07) is 50.4. The summed E-state index contributed by atoms with van der Waals surface area (Å²) in [6.07, 6.45) is 8.88. The Morgan fingerprint density at radius 2 is 1.19 bits per heavy atom. The van der Waals surface area contributed by atoms with Crippen LogP contribution in [0.4, 0.5) is 17.1 Å². The van der Waals surface area contributed by atoms with E-state index in [0.717, 1.165) is 45.9 Å². The summed E-state index contributed by atoms with van der Waals surface area (Å²) >= 11 is 0. The highest BCUT2D eigenvalue weighted by molar-refractivity contribution is 5.86. The molecule has 0 atom stereocenters. The molecule has 0 unspecified atom stereocenters. The molecule has 6 aromatic rings. The van der Waals surface area contributed by atoms with Gasteiger partial charge in [0.2, 0.25) is 0 Å². The molecule has 6 aromatic carbocycles. The molecule has 2 heteroatoms. The van der Waals surface area contributed by atoms with E-state index in [0.29, 0.717) is 5.76 Å². The quantitative estimate of drug-likeness (QED) is 0.190. The lowest BCUT2D eigenvalue weighted by Crippen LogP contribution is -2.16. The smallest absolute Gasteiger partial charge is 0.138 e. The minimum atomic E-state index is -0.0914. The molecule has 0 bridgehead atoms. The van der Waals surface area contributed by atoms with Crippen molar-refractivity contribution < 1.29 is 4.74 Å². The first-order valence-electron chi connectivity index (χ1n) is 16.6. The van der Waals surface area contributed by atoms with Gasteiger partial charge in [0.05, 0.1) is 0 Å². The molecule has 1 heterocycles. The molecule has 0 N–H and O–H groups in total. The summed E-state index contributed by atoms with van der Waals surface area (Å²) in [5.41, 5.74) is 14.3. The second kappa shape index (κ2) is 12.1. The van der Waals surface area contributed by atoms with Gasteiger partial charge >= 0.3 is 0 Å². The van der Waals surface area contributed by atoms with E-state index in [4.69, 9.17) is 4.74 Å². The molecule has 0 radical (unpaired) electrons. The fourth-order valence-corrected chi connectivity index (χ4v) is 7.20. The Balaban J connectivity index is 1.22. The lowest BCUT2D eigenvalue weighted by Gasteiger charge is -2.28. The Morgan fingerprint density at radius 1 is 0.562 bits per heavy atom. The van der Waals surface area contributed by atoms with Crippen LogP contribution in [0.25, 0.3) is 33.4 Å². The zero-order valence-corrected chi connectivity index (χ0v) is 27.4. The molecule has 2 nitrogen and oxygen atoms in total. The third-order valence-corrected chi connectivity index (χ3v) is 9.69. The average molecular weight is 620 g/mol. The van der Waals surface area contributed by atoms with Gasteiger partial charge in [0.1, 0.15) is 11.5 Å². The van der Waals surface area contributed by atoms with Crippen molar-refractivity contribution in [2.75, 3.05) is 4.90 Å². The Hall–Kier alpha value is -5.86. The fourth-order valence-electron chi connectivity index (χ4n) is 7.20. The second-order valence-electron chi connectivity index (χ2n) is 13.0. The van der Waals surface area contributed by atoms with Crippen LogP contribution in [0.2, 0.25) is 0 Å². The molecule has 0 saturated heterocycles. The van der Waals surface area contributed by atoms with Gasteiger partial charge in [-0.1, -0.05) is 142 Å². The van der Waals surface area contributed by atoms with Gasteiger partial charge in [0.25, 0.3) is 0 Å². The average Bonchev–Trinajstić information content (AvgIpc) is 3.40. The predicted molar refractivity (Wildman–Crippen MR) is 201 cm³/mol. The molecule has 1 aliphatic carbocycles. The monoisotopic (exact) mass is 619 g/mol. The Morgan fingerprint density at radius 3 is 1.96 bits per heavy atom. The van der Waals surface area contributed by atoms with E-state index in [1.54, 1.807) is 0 Å². The first kappa shape index (κ1) is 29.5. The molecular formula is C46H37NO. The van der Waals surface area contributed by atoms with Gasteiger partial charge < -0.3 is 9.64 Å². The van der Waals surface area contributed by atoms with Crippen LogP contribution in [-0.2, 0) is 11.8 Å². The van der Waals surface area contributed by atoms with Crippen molar-refractivity contribution in [3.63, 3.8) is 0 Å². The van der Waals surface area contributed by atoms with Crippen molar-refractivity contribution in [2.24, 2.45) is 0 Å². The minimum absolute atomic E-state index is 0.0914. The van der Waals surface area contributed by atoms with Crippen molar-refractivity contribution in [1.29, 1.82) is 0 Å². The zero-order valence-electron chi connectivity index (χ0n) is 27.4. The molecule has 48 heavy (non-hydrogen) atoms. The van der Waals surface area contributed by atoms with Crippen LogP contribution in [0.3, 0.4) is 0 Å². The normalized spacial score (nSPS) is 15.5. The highest BCUT2D eigenvalue weighted by Gasteiger charge is 2.35. The number of para-hydroxylation sites is 1. The summed E-state index contributed by atoms with van der Waals surface area (Å²) in [6.45, 7) is 8.79. The molecule has 0 aromatic heterocycles. The predicted octanol–water partition coefficient (Wildman–Crippen LogP) is 12.4. The van der Waals surface area contributed by atoms with Crippen LogP contribution < -0.4 is 9.64 Å². The first-order chi connectivity index (χ1) is 23.5. The van der Waals surface area contributed by atoms with E-state index in [-0.39, 0.29) is 5.41 Å². The van der Waals surface area contributed by atoms with E-state index in [1.807, 2.05) is 18.2 Å². The van der Waals surface area contributed by atoms with Crippen molar-refractivity contribution in [3.8, 4) is 39.1 Å². The minimum Gasteiger partial charge on any atom is -0.457 e. The number of anilines is 3. The molecule has 2 aliphatic rings. The van der Waals surface area contributed by atoms with Crippen molar-refractivity contribution in [3.05, 3.63) is 193 Å². The summed E-state index contributed by atoms with van der Waals surface area (Å²) < 4.78 is 6.32. The van der Waals surface area contributed by atoms with Crippen molar-refractivity contribution in [1.82, 2.24) is 0 Å². The number of fused-ring (bicyclic) bond motifs is 4. The van der Waals surface area contributed by atoms with Gasteiger partial charge in [-0.15, -0.1) is 0 Å². The van der Waals surface area contributed by atoms with E-state index >= 15 is 0 Å². The summed E-state index contributed by atoms with van der Waals surface area (Å²) in [7, 11) is 0. The Bertz CT molecular complexity index is 2200. The third-order valence-electron chi connectivity index (χ3n) is 9.69. The van der Waals surface area contributed by atoms with Crippen LogP contribution in [0.1, 0.15) is 30.5 Å². The Labute approximate surface area is 283 Å². The number of benzene rings is 6. The maximum Gasteiger partial charge on any atom is 0.138 e.